The maximum absolute atomic E-state index is 13.4. The molecule has 2 N–H and O–H groups in total. The van der Waals surface area contributed by atoms with E-state index in [1.165, 1.54) is 18.4 Å². The number of aliphatic carboxylic acids is 1. The average Bonchev–Trinajstić information content (AvgIpc) is 3.06. The first-order valence-corrected chi connectivity index (χ1v) is 12.7. The number of ketones is 1. The summed E-state index contributed by atoms with van der Waals surface area (Å²) < 4.78 is 0. The van der Waals surface area contributed by atoms with Gasteiger partial charge in [-0.05, 0) is 91.9 Å². The van der Waals surface area contributed by atoms with Gasteiger partial charge in [0.2, 0.25) is 0 Å². The second-order valence-electron chi connectivity index (χ2n) is 12.0. The molecule has 174 valence electrons. The van der Waals surface area contributed by atoms with E-state index in [-0.39, 0.29) is 28.8 Å². The third-order valence-electron chi connectivity index (χ3n) is 10.4. The molecule has 9 atom stereocenters. The lowest BCUT2D eigenvalue weighted by Crippen LogP contribution is -2.53. The van der Waals surface area contributed by atoms with Gasteiger partial charge in [0.15, 0.2) is 5.78 Å². The first-order chi connectivity index (χ1) is 14.6. The summed E-state index contributed by atoms with van der Waals surface area (Å²) in [5.74, 6) is 1.69. The lowest BCUT2D eigenvalue weighted by molar-refractivity contribution is -0.141. The fourth-order valence-electron chi connectivity index (χ4n) is 8.43. The van der Waals surface area contributed by atoms with Crippen LogP contribution in [-0.2, 0) is 9.59 Å². The molecule has 4 aliphatic rings. The molecule has 1 unspecified atom stereocenters. The first kappa shape index (κ1) is 23.0. The SMILES string of the molecule is CC(CCC[C@H](C)[C@@H]1CC[C@@H]2[C@H]3C(=O)C=C4C[C@H](O)CC[C@@]4(C)[C@@H]3CC[C@]21C)C(=O)O. The van der Waals surface area contributed by atoms with Gasteiger partial charge >= 0.3 is 5.97 Å². The molecule has 0 aromatic carbocycles. The van der Waals surface area contributed by atoms with Crippen LogP contribution in [0.15, 0.2) is 11.6 Å². The predicted octanol–water partition coefficient (Wildman–Crippen LogP) is 5.63. The van der Waals surface area contributed by atoms with Crippen LogP contribution in [0.5, 0.6) is 0 Å². The molecule has 0 aromatic rings. The summed E-state index contributed by atoms with van der Waals surface area (Å²) in [5.41, 5.74) is 1.54. The molecule has 3 fully saturated rings. The maximum atomic E-state index is 13.4. The number of carboxylic acid groups (broad SMARTS) is 1. The molecule has 4 rings (SSSR count). The van der Waals surface area contributed by atoms with Crippen molar-refractivity contribution in [2.24, 2.45) is 46.3 Å². The van der Waals surface area contributed by atoms with Crippen LogP contribution < -0.4 is 0 Å². The molecular weight excluding hydrogens is 388 g/mol. The van der Waals surface area contributed by atoms with Gasteiger partial charge in [-0.3, -0.25) is 9.59 Å². The van der Waals surface area contributed by atoms with E-state index in [2.05, 4.69) is 20.8 Å². The second-order valence-corrected chi connectivity index (χ2v) is 12.0. The van der Waals surface area contributed by atoms with Gasteiger partial charge in [0.05, 0.1) is 12.0 Å². The molecule has 0 bridgehead atoms. The van der Waals surface area contributed by atoms with Gasteiger partial charge in [0, 0.05) is 5.92 Å². The fourth-order valence-corrected chi connectivity index (χ4v) is 8.43. The Kier molecular flexibility index (Phi) is 6.17. The zero-order valence-electron chi connectivity index (χ0n) is 19.9. The lowest BCUT2D eigenvalue weighted by atomic mass is 9.46. The minimum absolute atomic E-state index is 0.0931. The molecule has 4 aliphatic carbocycles. The number of allylic oxidation sites excluding steroid dienone is 1. The molecule has 31 heavy (non-hydrogen) atoms. The minimum Gasteiger partial charge on any atom is -0.481 e. The third kappa shape index (κ3) is 3.81. The monoisotopic (exact) mass is 430 g/mol. The van der Waals surface area contributed by atoms with Crippen molar-refractivity contribution >= 4 is 11.8 Å². The highest BCUT2D eigenvalue weighted by molar-refractivity contribution is 5.94. The minimum atomic E-state index is -0.689. The summed E-state index contributed by atoms with van der Waals surface area (Å²) in [6.45, 7) is 9.00. The van der Waals surface area contributed by atoms with Crippen LogP contribution in [-0.4, -0.2) is 28.1 Å². The number of aliphatic hydroxyl groups is 1. The number of aliphatic hydroxyl groups excluding tert-OH is 1. The quantitative estimate of drug-likeness (QED) is 0.572. The van der Waals surface area contributed by atoms with Crippen LogP contribution >= 0.6 is 0 Å². The topological polar surface area (TPSA) is 74.6 Å². The Morgan fingerprint density at radius 2 is 1.84 bits per heavy atom. The Morgan fingerprint density at radius 1 is 1.10 bits per heavy atom. The molecule has 0 aromatic heterocycles. The lowest BCUT2D eigenvalue weighted by Gasteiger charge is -2.57. The largest absolute Gasteiger partial charge is 0.481 e. The Hall–Kier alpha value is -1.16. The summed E-state index contributed by atoms with van der Waals surface area (Å²) in [6, 6.07) is 0. The molecule has 0 aliphatic heterocycles. The summed E-state index contributed by atoms with van der Waals surface area (Å²) in [7, 11) is 0. The number of carboxylic acids is 1. The molecule has 3 saturated carbocycles. The zero-order chi connectivity index (χ0) is 22.6. The molecule has 4 nitrogen and oxygen atoms in total. The Bertz CT molecular complexity index is 756. The number of carbonyl (C=O) groups excluding carboxylic acids is 1. The molecule has 0 saturated heterocycles. The van der Waals surface area contributed by atoms with E-state index < -0.39 is 5.97 Å². The van der Waals surface area contributed by atoms with Gasteiger partial charge in [-0.1, -0.05) is 46.1 Å². The molecule has 0 spiro atoms. The van der Waals surface area contributed by atoms with Gasteiger partial charge in [0.25, 0.3) is 0 Å². The van der Waals surface area contributed by atoms with E-state index in [1.54, 1.807) is 0 Å². The number of rotatable bonds is 6. The van der Waals surface area contributed by atoms with Crippen LogP contribution in [0.25, 0.3) is 0 Å². The number of hydrogen-bond donors (Lipinski definition) is 2. The van der Waals surface area contributed by atoms with Gasteiger partial charge < -0.3 is 10.2 Å². The van der Waals surface area contributed by atoms with E-state index in [1.807, 2.05) is 13.0 Å². The van der Waals surface area contributed by atoms with E-state index in [4.69, 9.17) is 5.11 Å². The summed E-state index contributed by atoms with van der Waals surface area (Å²) in [6.07, 6.45) is 11.7. The van der Waals surface area contributed by atoms with Crippen molar-refractivity contribution in [2.75, 3.05) is 0 Å². The van der Waals surface area contributed by atoms with Crippen molar-refractivity contribution in [2.45, 2.75) is 98.0 Å². The Morgan fingerprint density at radius 3 is 2.55 bits per heavy atom. The van der Waals surface area contributed by atoms with Crippen LogP contribution in [0.3, 0.4) is 0 Å². The Labute approximate surface area is 187 Å². The van der Waals surface area contributed by atoms with Crippen LogP contribution in [0.2, 0.25) is 0 Å². The summed E-state index contributed by atoms with van der Waals surface area (Å²) >= 11 is 0. The average molecular weight is 431 g/mol. The van der Waals surface area contributed by atoms with Crippen molar-refractivity contribution in [3.8, 4) is 0 Å². The molecule has 4 heteroatoms. The number of fused-ring (bicyclic) bond motifs is 5. The normalized spacial score (nSPS) is 44.0. The van der Waals surface area contributed by atoms with E-state index in [0.717, 1.165) is 44.9 Å². The van der Waals surface area contributed by atoms with Gasteiger partial charge in [-0.2, -0.15) is 0 Å². The highest BCUT2D eigenvalue weighted by Crippen LogP contribution is 2.66. The van der Waals surface area contributed by atoms with Gasteiger partial charge in [0.1, 0.15) is 0 Å². The zero-order valence-corrected chi connectivity index (χ0v) is 19.9. The number of hydrogen-bond acceptors (Lipinski definition) is 3. The Balaban J connectivity index is 1.49. The van der Waals surface area contributed by atoms with E-state index in [0.29, 0.717) is 35.9 Å². The first-order valence-electron chi connectivity index (χ1n) is 12.7. The third-order valence-corrected chi connectivity index (χ3v) is 10.4. The highest BCUT2D eigenvalue weighted by atomic mass is 16.4. The van der Waals surface area contributed by atoms with Gasteiger partial charge in [-0.15, -0.1) is 0 Å². The molecule has 0 radical (unpaired) electrons. The standard InChI is InChI=1S/C27H42O4/c1-16(6-5-7-17(2)25(30)31)20-8-9-21-24-22(11-13-27(20,21)4)26(3)12-10-19(28)14-18(26)15-23(24)29/h15-17,19-22,24,28H,5-14H2,1-4H3,(H,30,31)/t16-,17?,19+,20-,21+,22+,24+,26+,27-/m0/s1. The maximum Gasteiger partial charge on any atom is 0.306 e. The van der Waals surface area contributed by atoms with Crippen molar-refractivity contribution in [3.05, 3.63) is 11.6 Å². The van der Waals surface area contributed by atoms with Crippen LogP contribution in [0.1, 0.15) is 91.9 Å². The summed E-state index contributed by atoms with van der Waals surface area (Å²) in [5, 5.41) is 19.3. The smallest absolute Gasteiger partial charge is 0.306 e. The van der Waals surface area contributed by atoms with E-state index in [9.17, 15) is 14.7 Å². The number of carbonyl (C=O) groups is 2. The molecular formula is C27H42O4. The van der Waals surface area contributed by atoms with Gasteiger partial charge in [-0.25, -0.2) is 0 Å². The van der Waals surface area contributed by atoms with Crippen LogP contribution in [0.4, 0.5) is 0 Å². The summed E-state index contributed by atoms with van der Waals surface area (Å²) in [4.78, 5) is 24.5. The highest BCUT2D eigenvalue weighted by Gasteiger charge is 2.61. The van der Waals surface area contributed by atoms with Crippen molar-refractivity contribution in [1.29, 1.82) is 0 Å². The predicted molar refractivity (Wildman–Crippen MR) is 121 cm³/mol. The fraction of sp³-hybridized carbons (Fsp3) is 0.852. The van der Waals surface area contributed by atoms with E-state index >= 15 is 0 Å². The molecule has 0 heterocycles. The van der Waals surface area contributed by atoms with Crippen molar-refractivity contribution in [1.82, 2.24) is 0 Å². The second kappa shape index (κ2) is 8.32. The van der Waals surface area contributed by atoms with Crippen molar-refractivity contribution in [3.63, 3.8) is 0 Å². The van der Waals surface area contributed by atoms with Crippen molar-refractivity contribution < 1.29 is 19.8 Å². The van der Waals surface area contributed by atoms with Crippen LogP contribution in [0, 0.1) is 46.3 Å². The molecule has 0 amide bonds.